The van der Waals surface area contributed by atoms with E-state index < -0.39 is 0 Å². The second-order valence-corrected chi connectivity index (χ2v) is 8.19. The Morgan fingerprint density at radius 1 is 1.27 bits per heavy atom. The number of benzene rings is 1. The molecule has 0 aliphatic carbocycles. The number of nitrogens with zero attached hydrogens (tertiary/aromatic N) is 3. The Bertz CT molecular complexity index is 910. The van der Waals surface area contributed by atoms with E-state index in [-0.39, 0.29) is 5.91 Å². The van der Waals surface area contributed by atoms with Gasteiger partial charge < -0.3 is 9.47 Å². The predicted octanol–water partition coefficient (Wildman–Crippen LogP) is 4.04. The molecule has 1 amide bonds. The number of thiazole rings is 1. The first-order chi connectivity index (χ1) is 12.7. The zero-order valence-electron chi connectivity index (χ0n) is 14.3. The van der Waals surface area contributed by atoms with E-state index in [0.29, 0.717) is 27.3 Å². The number of ether oxygens (including phenoxy) is 2. The molecule has 2 heterocycles. The zero-order chi connectivity index (χ0) is 18.5. The molecule has 7 nitrogen and oxygen atoms in total. The summed E-state index contributed by atoms with van der Waals surface area (Å²) in [7, 11) is 3.15. The van der Waals surface area contributed by atoms with Crippen molar-refractivity contribution in [2.45, 2.75) is 11.3 Å². The highest BCUT2D eigenvalue weighted by Crippen LogP contribution is 2.39. The molecule has 0 aliphatic heterocycles. The maximum Gasteiger partial charge on any atom is 0.276 e. The fourth-order valence-corrected chi connectivity index (χ4v) is 4.63. The summed E-state index contributed by atoms with van der Waals surface area (Å²) in [6.45, 7) is 2.04. The van der Waals surface area contributed by atoms with Gasteiger partial charge in [0.1, 0.15) is 10.7 Å². The Balaban J connectivity index is 1.80. The summed E-state index contributed by atoms with van der Waals surface area (Å²) in [6, 6.07) is 5.54. The molecule has 136 valence electrons. The molecule has 3 aromatic rings. The number of carbonyl (C=O) groups excluding carboxylic acids is 1. The maximum absolute atomic E-state index is 12.4. The van der Waals surface area contributed by atoms with E-state index in [1.54, 1.807) is 31.4 Å². The molecule has 0 unspecified atom stereocenters. The molecular formula is C16H16N4O3S3. The first-order valence-electron chi connectivity index (χ1n) is 7.60. The van der Waals surface area contributed by atoms with Gasteiger partial charge in [0, 0.05) is 5.38 Å². The summed E-state index contributed by atoms with van der Waals surface area (Å²) < 4.78 is 11.6. The second kappa shape index (κ2) is 8.47. The number of hydrogen-bond donors (Lipinski definition) is 1. The van der Waals surface area contributed by atoms with Crippen molar-refractivity contribution >= 4 is 45.5 Å². The quantitative estimate of drug-likeness (QED) is 0.466. The van der Waals surface area contributed by atoms with Crippen LogP contribution >= 0.6 is 34.4 Å². The van der Waals surface area contributed by atoms with Crippen LogP contribution in [0.25, 0.3) is 10.6 Å². The van der Waals surface area contributed by atoms with Crippen LogP contribution in [0.1, 0.15) is 17.4 Å². The Hall–Kier alpha value is -2.17. The molecule has 0 bridgehead atoms. The van der Waals surface area contributed by atoms with E-state index >= 15 is 0 Å². The van der Waals surface area contributed by atoms with Crippen LogP contribution in [0.2, 0.25) is 0 Å². The molecule has 0 spiro atoms. The molecule has 1 N–H and O–H groups in total. The number of carbonyl (C=O) groups is 1. The van der Waals surface area contributed by atoms with Gasteiger partial charge in [-0.25, -0.2) is 4.98 Å². The Morgan fingerprint density at radius 3 is 2.85 bits per heavy atom. The summed E-state index contributed by atoms with van der Waals surface area (Å²) in [5.41, 5.74) is 1.09. The highest BCUT2D eigenvalue weighted by molar-refractivity contribution is 8.01. The van der Waals surface area contributed by atoms with Crippen LogP contribution in [0.5, 0.6) is 11.5 Å². The monoisotopic (exact) mass is 408 g/mol. The lowest BCUT2D eigenvalue weighted by molar-refractivity contribution is 0.102. The van der Waals surface area contributed by atoms with Crippen molar-refractivity contribution in [3.05, 3.63) is 29.3 Å². The summed E-state index contributed by atoms with van der Waals surface area (Å²) in [5, 5.41) is 13.5. The number of rotatable bonds is 7. The van der Waals surface area contributed by atoms with Crippen molar-refractivity contribution in [2.75, 3.05) is 25.3 Å². The predicted molar refractivity (Wildman–Crippen MR) is 105 cm³/mol. The summed E-state index contributed by atoms with van der Waals surface area (Å²) >= 11 is 4.28. The van der Waals surface area contributed by atoms with E-state index in [0.717, 1.165) is 15.7 Å². The smallest absolute Gasteiger partial charge is 0.276 e. The van der Waals surface area contributed by atoms with Gasteiger partial charge in [0.15, 0.2) is 15.8 Å². The fraction of sp³-hybridized carbons (Fsp3) is 0.250. The lowest BCUT2D eigenvalue weighted by atomic mass is 10.2. The van der Waals surface area contributed by atoms with Gasteiger partial charge in [0.2, 0.25) is 5.13 Å². The summed E-state index contributed by atoms with van der Waals surface area (Å²) in [6.07, 6.45) is 0. The first kappa shape index (κ1) is 18.6. The minimum Gasteiger partial charge on any atom is -0.493 e. The zero-order valence-corrected chi connectivity index (χ0v) is 16.8. The van der Waals surface area contributed by atoms with Gasteiger partial charge in [-0.15, -0.1) is 21.5 Å². The number of aromatic nitrogens is 3. The largest absolute Gasteiger partial charge is 0.493 e. The molecule has 0 fully saturated rings. The molecule has 10 heteroatoms. The van der Waals surface area contributed by atoms with E-state index in [1.165, 1.54) is 22.7 Å². The topological polar surface area (TPSA) is 86.2 Å². The summed E-state index contributed by atoms with van der Waals surface area (Å²) in [4.78, 5) is 16.8. The standard InChI is InChI=1S/C16H16N4O3S3/c1-4-24-16-20-19-15(26-16)18-13(21)10-8-25-14(17-10)9-6-5-7-11(22-2)12(9)23-3/h5-8H,4H2,1-3H3,(H,18,19,21). The average molecular weight is 409 g/mol. The molecule has 3 rings (SSSR count). The third-order valence-corrected chi connectivity index (χ3v) is 5.99. The van der Waals surface area contributed by atoms with Gasteiger partial charge in [0.25, 0.3) is 5.91 Å². The molecule has 0 radical (unpaired) electrons. The number of methoxy groups -OCH3 is 2. The molecular weight excluding hydrogens is 392 g/mol. The van der Waals surface area contributed by atoms with Crippen molar-refractivity contribution < 1.29 is 14.3 Å². The van der Waals surface area contributed by atoms with Crippen LogP contribution in [0.3, 0.4) is 0 Å². The Morgan fingerprint density at radius 2 is 2.12 bits per heavy atom. The SMILES string of the molecule is CCSc1nnc(NC(=O)c2csc(-c3cccc(OC)c3OC)n2)s1. The molecule has 2 aromatic heterocycles. The van der Waals surface area contributed by atoms with Gasteiger partial charge in [-0.1, -0.05) is 36.1 Å². The van der Waals surface area contributed by atoms with Crippen molar-refractivity contribution in [3.63, 3.8) is 0 Å². The third kappa shape index (κ3) is 3.97. The van der Waals surface area contributed by atoms with Crippen LogP contribution < -0.4 is 14.8 Å². The first-order valence-corrected chi connectivity index (χ1v) is 10.3. The van der Waals surface area contributed by atoms with Crippen molar-refractivity contribution in [2.24, 2.45) is 0 Å². The van der Waals surface area contributed by atoms with Crippen molar-refractivity contribution in [1.82, 2.24) is 15.2 Å². The van der Waals surface area contributed by atoms with Crippen LogP contribution in [-0.4, -0.2) is 41.1 Å². The molecule has 0 atom stereocenters. The van der Waals surface area contributed by atoms with Crippen LogP contribution in [0.15, 0.2) is 27.9 Å². The maximum atomic E-state index is 12.4. The minimum absolute atomic E-state index is 0.315. The molecule has 26 heavy (non-hydrogen) atoms. The number of hydrogen-bond acceptors (Lipinski definition) is 9. The van der Waals surface area contributed by atoms with Gasteiger partial charge in [-0.2, -0.15) is 0 Å². The van der Waals surface area contributed by atoms with Crippen LogP contribution in [-0.2, 0) is 0 Å². The van der Waals surface area contributed by atoms with Crippen molar-refractivity contribution in [1.29, 1.82) is 0 Å². The van der Waals surface area contributed by atoms with E-state index in [4.69, 9.17) is 9.47 Å². The van der Waals surface area contributed by atoms with Gasteiger partial charge in [-0.05, 0) is 17.9 Å². The number of amides is 1. The molecule has 0 saturated carbocycles. The molecule has 1 aromatic carbocycles. The average Bonchev–Trinajstić information content (AvgIpc) is 3.31. The Kier molecular flexibility index (Phi) is 6.07. The number of anilines is 1. The highest BCUT2D eigenvalue weighted by Gasteiger charge is 2.18. The third-order valence-electron chi connectivity index (χ3n) is 3.26. The number of para-hydroxylation sites is 1. The lowest BCUT2D eigenvalue weighted by Gasteiger charge is -2.10. The van der Waals surface area contributed by atoms with Crippen LogP contribution in [0, 0.1) is 0 Å². The molecule has 0 aliphatic rings. The van der Waals surface area contributed by atoms with E-state index in [2.05, 4.69) is 20.5 Å². The lowest BCUT2D eigenvalue weighted by Crippen LogP contribution is -2.12. The second-order valence-electron chi connectivity index (χ2n) is 4.84. The van der Waals surface area contributed by atoms with Gasteiger partial charge in [-0.3, -0.25) is 10.1 Å². The summed E-state index contributed by atoms with van der Waals surface area (Å²) in [5.74, 6) is 1.78. The van der Waals surface area contributed by atoms with E-state index in [1.807, 2.05) is 25.1 Å². The highest BCUT2D eigenvalue weighted by atomic mass is 32.2. The van der Waals surface area contributed by atoms with Gasteiger partial charge in [0.05, 0.1) is 19.8 Å². The normalized spacial score (nSPS) is 10.6. The minimum atomic E-state index is -0.321. The fourth-order valence-electron chi connectivity index (χ4n) is 2.16. The van der Waals surface area contributed by atoms with Gasteiger partial charge >= 0.3 is 0 Å². The van der Waals surface area contributed by atoms with Crippen LogP contribution in [0.4, 0.5) is 5.13 Å². The Labute approximate surface area is 162 Å². The van der Waals surface area contributed by atoms with Crippen molar-refractivity contribution in [3.8, 4) is 22.1 Å². The van der Waals surface area contributed by atoms with E-state index in [9.17, 15) is 4.79 Å². The number of thioether (sulfide) groups is 1. The number of nitrogens with one attached hydrogen (secondary N) is 1. The molecule has 0 saturated heterocycles.